The van der Waals surface area contributed by atoms with Crippen LogP contribution in [0, 0.1) is 13.8 Å². The summed E-state index contributed by atoms with van der Waals surface area (Å²) >= 11 is 0. The lowest BCUT2D eigenvalue weighted by molar-refractivity contribution is 0.0930. The molecule has 1 aromatic heterocycles. The normalized spacial score (nSPS) is 10.6. The molecule has 0 radical (unpaired) electrons. The maximum atomic E-state index is 12.1. The topological polar surface area (TPSA) is 72.7 Å². The van der Waals surface area contributed by atoms with Crippen LogP contribution in [0.5, 0.6) is 5.75 Å². The number of urea groups is 1. The van der Waals surface area contributed by atoms with E-state index in [0.717, 1.165) is 28.2 Å². The average molecular weight is 394 g/mol. The van der Waals surface area contributed by atoms with Crippen LogP contribution in [-0.4, -0.2) is 19.2 Å². The number of para-hydroxylation sites is 1. The van der Waals surface area contributed by atoms with Crippen LogP contribution in [0.15, 0.2) is 65.3 Å². The predicted octanol–water partition coefficient (Wildman–Crippen LogP) is 4.81. The Hall–Kier alpha value is -3.25. The van der Waals surface area contributed by atoms with E-state index in [4.69, 9.17) is 13.9 Å². The van der Waals surface area contributed by atoms with Crippen molar-refractivity contribution in [2.45, 2.75) is 27.1 Å². The number of anilines is 1. The van der Waals surface area contributed by atoms with E-state index in [1.807, 2.05) is 68.4 Å². The fraction of sp³-hybridized carbons (Fsp3) is 0.261. The van der Waals surface area contributed by atoms with Crippen molar-refractivity contribution in [2.75, 3.05) is 18.5 Å². The van der Waals surface area contributed by atoms with Crippen LogP contribution in [0.3, 0.4) is 0 Å². The van der Waals surface area contributed by atoms with Gasteiger partial charge in [0.15, 0.2) is 0 Å². The predicted molar refractivity (Wildman–Crippen MR) is 112 cm³/mol. The van der Waals surface area contributed by atoms with Crippen molar-refractivity contribution >= 4 is 11.7 Å². The SMILES string of the molecule is Cc1cccc(C)c1OCCNC(=O)Nc1cccc(COCc2ccco2)c1. The van der Waals surface area contributed by atoms with E-state index in [1.54, 1.807) is 6.26 Å². The summed E-state index contributed by atoms with van der Waals surface area (Å²) < 4.78 is 16.7. The van der Waals surface area contributed by atoms with Crippen molar-refractivity contribution in [1.82, 2.24) is 5.32 Å². The Morgan fingerprint density at radius 3 is 2.55 bits per heavy atom. The Labute approximate surface area is 170 Å². The second-order valence-corrected chi connectivity index (χ2v) is 6.72. The minimum atomic E-state index is -0.274. The lowest BCUT2D eigenvalue weighted by Gasteiger charge is -2.13. The number of rotatable bonds is 9. The third-order valence-electron chi connectivity index (χ3n) is 4.32. The van der Waals surface area contributed by atoms with Gasteiger partial charge in [0.1, 0.15) is 24.7 Å². The molecule has 3 rings (SSSR count). The standard InChI is InChI=1S/C23H26N2O4/c1-17-6-3-7-18(2)22(17)29-13-11-24-23(26)25-20-9-4-8-19(14-20)15-27-16-21-10-5-12-28-21/h3-10,12,14H,11,13,15-16H2,1-2H3,(H2,24,25,26). The zero-order valence-electron chi connectivity index (χ0n) is 16.7. The monoisotopic (exact) mass is 394 g/mol. The Balaban J connectivity index is 1.39. The lowest BCUT2D eigenvalue weighted by Crippen LogP contribution is -2.32. The van der Waals surface area contributed by atoms with Gasteiger partial charge in [0.25, 0.3) is 0 Å². The molecule has 2 aromatic carbocycles. The molecule has 0 spiro atoms. The van der Waals surface area contributed by atoms with Gasteiger partial charge in [-0.1, -0.05) is 30.3 Å². The van der Waals surface area contributed by atoms with Crippen molar-refractivity contribution < 1.29 is 18.7 Å². The number of carbonyl (C=O) groups is 1. The molecule has 6 nitrogen and oxygen atoms in total. The third kappa shape index (κ3) is 6.40. The number of amides is 2. The summed E-state index contributed by atoms with van der Waals surface area (Å²) in [5.74, 6) is 1.65. The highest BCUT2D eigenvalue weighted by Crippen LogP contribution is 2.21. The molecule has 3 aromatic rings. The molecule has 0 aliphatic carbocycles. The van der Waals surface area contributed by atoms with Gasteiger partial charge in [-0.25, -0.2) is 4.79 Å². The maximum Gasteiger partial charge on any atom is 0.319 e. The van der Waals surface area contributed by atoms with Gasteiger partial charge in [0.05, 0.1) is 19.4 Å². The van der Waals surface area contributed by atoms with E-state index in [-0.39, 0.29) is 6.03 Å². The summed E-state index contributed by atoms with van der Waals surface area (Å²) in [5, 5.41) is 5.63. The zero-order valence-corrected chi connectivity index (χ0v) is 16.7. The van der Waals surface area contributed by atoms with Crippen LogP contribution in [0.25, 0.3) is 0 Å². The molecule has 0 fully saturated rings. The van der Waals surface area contributed by atoms with E-state index in [1.165, 1.54) is 0 Å². The first-order chi connectivity index (χ1) is 14.1. The van der Waals surface area contributed by atoms with Gasteiger partial charge in [-0.15, -0.1) is 0 Å². The van der Waals surface area contributed by atoms with Crippen LogP contribution in [-0.2, 0) is 18.0 Å². The fourth-order valence-electron chi connectivity index (χ4n) is 2.92. The van der Waals surface area contributed by atoms with Gasteiger partial charge in [-0.05, 0) is 54.8 Å². The van der Waals surface area contributed by atoms with Crippen LogP contribution >= 0.6 is 0 Å². The van der Waals surface area contributed by atoms with Crippen molar-refractivity contribution in [1.29, 1.82) is 0 Å². The van der Waals surface area contributed by atoms with Gasteiger partial charge >= 0.3 is 6.03 Å². The first-order valence-electron chi connectivity index (χ1n) is 9.55. The summed E-state index contributed by atoms with van der Waals surface area (Å²) in [7, 11) is 0. The van der Waals surface area contributed by atoms with Crippen molar-refractivity contribution in [3.8, 4) is 5.75 Å². The van der Waals surface area contributed by atoms with Crippen molar-refractivity contribution in [2.24, 2.45) is 0 Å². The summed E-state index contributed by atoms with van der Waals surface area (Å²) in [6.07, 6.45) is 1.62. The molecule has 29 heavy (non-hydrogen) atoms. The van der Waals surface area contributed by atoms with Gasteiger partial charge in [0, 0.05) is 5.69 Å². The molecule has 1 heterocycles. The van der Waals surface area contributed by atoms with E-state index in [0.29, 0.717) is 32.1 Å². The molecule has 0 atom stereocenters. The number of hydrogen-bond donors (Lipinski definition) is 2. The summed E-state index contributed by atoms with van der Waals surface area (Å²) in [6.45, 7) is 5.67. The zero-order chi connectivity index (χ0) is 20.5. The minimum absolute atomic E-state index is 0.274. The quantitative estimate of drug-likeness (QED) is 0.511. The summed E-state index contributed by atoms with van der Waals surface area (Å²) in [4.78, 5) is 12.1. The van der Waals surface area contributed by atoms with E-state index < -0.39 is 0 Å². The number of benzene rings is 2. The Kier molecular flexibility index (Phi) is 7.30. The first-order valence-corrected chi connectivity index (χ1v) is 9.55. The van der Waals surface area contributed by atoms with Crippen LogP contribution in [0.4, 0.5) is 10.5 Å². The fourth-order valence-corrected chi connectivity index (χ4v) is 2.92. The first kappa shape index (κ1) is 20.5. The van der Waals surface area contributed by atoms with Gasteiger partial charge in [0.2, 0.25) is 0 Å². The third-order valence-corrected chi connectivity index (χ3v) is 4.32. The number of furan rings is 1. The Morgan fingerprint density at radius 2 is 1.79 bits per heavy atom. The second-order valence-electron chi connectivity index (χ2n) is 6.72. The van der Waals surface area contributed by atoms with Gasteiger partial charge in [-0.3, -0.25) is 0 Å². The molecule has 2 amide bonds. The molecule has 0 aliphatic heterocycles. The molecule has 152 valence electrons. The molecular weight excluding hydrogens is 368 g/mol. The summed E-state index contributed by atoms with van der Waals surface area (Å²) in [6, 6.07) is 17.0. The number of hydrogen-bond acceptors (Lipinski definition) is 4. The van der Waals surface area contributed by atoms with Crippen LogP contribution in [0.1, 0.15) is 22.5 Å². The molecule has 0 saturated carbocycles. The summed E-state index contributed by atoms with van der Waals surface area (Å²) in [5.41, 5.74) is 3.84. The van der Waals surface area contributed by atoms with Gasteiger partial charge < -0.3 is 24.5 Å². The highest BCUT2D eigenvalue weighted by atomic mass is 16.5. The molecular formula is C23H26N2O4. The highest BCUT2D eigenvalue weighted by Gasteiger charge is 2.05. The number of carbonyl (C=O) groups excluding carboxylic acids is 1. The minimum Gasteiger partial charge on any atom is -0.491 e. The average Bonchev–Trinajstić information content (AvgIpc) is 3.21. The number of nitrogens with one attached hydrogen (secondary N) is 2. The smallest absolute Gasteiger partial charge is 0.319 e. The highest BCUT2D eigenvalue weighted by molar-refractivity contribution is 5.89. The van der Waals surface area contributed by atoms with Crippen LogP contribution in [0.2, 0.25) is 0 Å². The molecule has 0 unspecified atom stereocenters. The van der Waals surface area contributed by atoms with Crippen molar-refractivity contribution in [3.63, 3.8) is 0 Å². The molecule has 0 bridgehead atoms. The maximum absolute atomic E-state index is 12.1. The lowest BCUT2D eigenvalue weighted by atomic mass is 10.1. The number of aryl methyl sites for hydroxylation is 2. The van der Waals surface area contributed by atoms with E-state index in [9.17, 15) is 4.79 Å². The molecule has 0 saturated heterocycles. The Morgan fingerprint density at radius 1 is 1.00 bits per heavy atom. The number of ether oxygens (including phenoxy) is 2. The Bertz CT molecular complexity index is 902. The van der Waals surface area contributed by atoms with Crippen molar-refractivity contribution in [3.05, 3.63) is 83.3 Å². The van der Waals surface area contributed by atoms with E-state index in [2.05, 4.69) is 10.6 Å². The molecule has 0 aliphatic rings. The molecule has 6 heteroatoms. The van der Waals surface area contributed by atoms with Gasteiger partial charge in [-0.2, -0.15) is 0 Å². The van der Waals surface area contributed by atoms with Crippen LogP contribution < -0.4 is 15.4 Å². The largest absolute Gasteiger partial charge is 0.491 e. The van der Waals surface area contributed by atoms with E-state index >= 15 is 0 Å². The second kappa shape index (κ2) is 10.3. The molecule has 2 N–H and O–H groups in total.